The van der Waals surface area contributed by atoms with E-state index in [1.807, 2.05) is 24.3 Å². The van der Waals surface area contributed by atoms with Gasteiger partial charge in [0.1, 0.15) is 0 Å². The van der Waals surface area contributed by atoms with Crippen molar-refractivity contribution in [2.24, 2.45) is 0 Å². The molecule has 0 amide bonds. The quantitative estimate of drug-likeness (QED) is 0.354. The third-order valence-electron chi connectivity index (χ3n) is 2.42. The SMILES string of the molecule is O=[N+]([O-])c1ccc(NC(=S)Nc2cccc(I)c2)cc1. The molecule has 0 aliphatic carbocycles. The molecule has 0 unspecified atom stereocenters. The smallest absolute Gasteiger partial charge is 0.269 e. The van der Waals surface area contributed by atoms with E-state index in [2.05, 4.69) is 33.2 Å². The summed E-state index contributed by atoms with van der Waals surface area (Å²) in [5.41, 5.74) is 1.63. The fourth-order valence-corrected chi connectivity index (χ4v) is 2.30. The van der Waals surface area contributed by atoms with E-state index in [0.29, 0.717) is 10.8 Å². The fraction of sp³-hybridized carbons (Fsp3) is 0. The normalized spacial score (nSPS) is 9.85. The first-order chi connectivity index (χ1) is 9.54. The van der Waals surface area contributed by atoms with Crippen LogP contribution in [0.5, 0.6) is 0 Å². The molecule has 2 aromatic carbocycles. The zero-order valence-electron chi connectivity index (χ0n) is 10.2. The number of nitro groups is 1. The van der Waals surface area contributed by atoms with Crippen LogP contribution in [0.15, 0.2) is 48.5 Å². The summed E-state index contributed by atoms with van der Waals surface area (Å²) in [4.78, 5) is 10.1. The predicted octanol–water partition coefficient (Wildman–Crippen LogP) is 4.01. The molecule has 0 fully saturated rings. The molecule has 0 atom stereocenters. The lowest BCUT2D eigenvalue weighted by Crippen LogP contribution is -2.19. The molecule has 2 aromatic rings. The van der Waals surface area contributed by atoms with Crippen LogP contribution >= 0.6 is 34.8 Å². The first-order valence-corrected chi connectivity index (χ1v) is 7.11. The van der Waals surface area contributed by atoms with Gasteiger partial charge in [-0.05, 0) is 65.1 Å². The topological polar surface area (TPSA) is 67.2 Å². The van der Waals surface area contributed by atoms with E-state index in [1.54, 1.807) is 12.1 Å². The highest BCUT2D eigenvalue weighted by Crippen LogP contribution is 2.16. The Balaban J connectivity index is 1.99. The Labute approximate surface area is 134 Å². The third-order valence-corrected chi connectivity index (χ3v) is 3.29. The summed E-state index contributed by atoms with van der Waals surface area (Å²) in [6, 6.07) is 13.9. The van der Waals surface area contributed by atoms with Gasteiger partial charge in [-0.15, -0.1) is 0 Å². The molecule has 5 nitrogen and oxygen atoms in total. The maximum Gasteiger partial charge on any atom is 0.269 e. The van der Waals surface area contributed by atoms with Crippen LogP contribution in [0.3, 0.4) is 0 Å². The van der Waals surface area contributed by atoms with Gasteiger partial charge < -0.3 is 10.6 Å². The number of hydrogen-bond donors (Lipinski definition) is 2. The minimum absolute atomic E-state index is 0.0482. The van der Waals surface area contributed by atoms with Crippen molar-refractivity contribution in [1.82, 2.24) is 0 Å². The lowest BCUT2D eigenvalue weighted by molar-refractivity contribution is -0.384. The number of non-ortho nitro benzene ring substituents is 1. The van der Waals surface area contributed by atoms with Crippen LogP contribution in [-0.4, -0.2) is 10.0 Å². The van der Waals surface area contributed by atoms with E-state index in [1.165, 1.54) is 12.1 Å². The van der Waals surface area contributed by atoms with E-state index >= 15 is 0 Å². The molecule has 0 radical (unpaired) electrons. The van der Waals surface area contributed by atoms with Gasteiger partial charge in [0.05, 0.1) is 4.92 Å². The molecule has 0 saturated carbocycles. The molecule has 0 spiro atoms. The van der Waals surface area contributed by atoms with Crippen molar-refractivity contribution < 1.29 is 4.92 Å². The Morgan fingerprint density at radius 2 is 1.75 bits per heavy atom. The van der Waals surface area contributed by atoms with Crippen LogP contribution in [0.25, 0.3) is 0 Å². The first kappa shape index (κ1) is 14.7. The van der Waals surface area contributed by atoms with Crippen LogP contribution in [0.4, 0.5) is 17.1 Å². The largest absolute Gasteiger partial charge is 0.332 e. The minimum Gasteiger partial charge on any atom is -0.332 e. The second-order valence-electron chi connectivity index (χ2n) is 3.89. The molecular weight excluding hydrogens is 389 g/mol. The molecule has 2 N–H and O–H groups in total. The minimum atomic E-state index is -0.438. The highest BCUT2D eigenvalue weighted by Gasteiger charge is 2.05. The number of nitrogens with one attached hydrogen (secondary N) is 2. The molecule has 20 heavy (non-hydrogen) atoms. The molecule has 2 rings (SSSR count). The van der Waals surface area contributed by atoms with Crippen molar-refractivity contribution in [3.63, 3.8) is 0 Å². The Kier molecular flexibility index (Phi) is 4.85. The number of nitrogens with zero attached hydrogens (tertiary/aromatic N) is 1. The molecule has 0 bridgehead atoms. The predicted molar refractivity (Wildman–Crippen MR) is 92.1 cm³/mol. The Morgan fingerprint density at radius 1 is 1.10 bits per heavy atom. The summed E-state index contributed by atoms with van der Waals surface area (Å²) in [5, 5.41) is 17.0. The van der Waals surface area contributed by atoms with Crippen LogP contribution < -0.4 is 10.6 Å². The highest BCUT2D eigenvalue weighted by molar-refractivity contribution is 14.1. The number of benzene rings is 2. The number of halogens is 1. The van der Waals surface area contributed by atoms with Crippen molar-refractivity contribution in [1.29, 1.82) is 0 Å². The first-order valence-electron chi connectivity index (χ1n) is 5.62. The van der Waals surface area contributed by atoms with Crippen molar-refractivity contribution in [2.45, 2.75) is 0 Å². The van der Waals surface area contributed by atoms with Gasteiger partial charge in [-0.1, -0.05) is 6.07 Å². The van der Waals surface area contributed by atoms with Gasteiger partial charge in [0.2, 0.25) is 0 Å². The maximum absolute atomic E-state index is 10.6. The summed E-state index contributed by atoms with van der Waals surface area (Å²) >= 11 is 7.41. The summed E-state index contributed by atoms with van der Waals surface area (Å²) in [5.74, 6) is 0. The number of nitro benzene ring substituents is 1. The summed E-state index contributed by atoms with van der Waals surface area (Å²) in [6.07, 6.45) is 0. The maximum atomic E-state index is 10.6. The molecular formula is C13H10IN3O2S. The lowest BCUT2D eigenvalue weighted by Gasteiger charge is -2.10. The van der Waals surface area contributed by atoms with E-state index in [0.717, 1.165) is 9.26 Å². The molecule has 0 aliphatic heterocycles. The summed E-state index contributed by atoms with van der Waals surface area (Å²) in [6.45, 7) is 0. The Morgan fingerprint density at radius 3 is 2.35 bits per heavy atom. The van der Waals surface area contributed by atoms with Crippen molar-refractivity contribution in [3.8, 4) is 0 Å². The van der Waals surface area contributed by atoms with Crippen LogP contribution in [-0.2, 0) is 0 Å². The molecule has 0 saturated heterocycles. The lowest BCUT2D eigenvalue weighted by atomic mass is 10.3. The van der Waals surface area contributed by atoms with Gasteiger partial charge in [-0.25, -0.2) is 0 Å². The van der Waals surface area contributed by atoms with Crippen LogP contribution in [0, 0.1) is 13.7 Å². The second kappa shape index (κ2) is 6.62. The average Bonchev–Trinajstić information content (AvgIpc) is 2.39. The van der Waals surface area contributed by atoms with Gasteiger partial charge in [0.25, 0.3) is 5.69 Å². The number of thiocarbonyl (C=S) groups is 1. The molecule has 102 valence electrons. The van der Waals surface area contributed by atoms with Gasteiger partial charge in [0, 0.05) is 27.1 Å². The van der Waals surface area contributed by atoms with Crippen LogP contribution in [0.2, 0.25) is 0 Å². The molecule has 0 heterocycles. The summed E-state index contributed by atoms with van der Waals surface area (Å²) < 4.78 is 1.10. The number of hydrogen-bond acceptors (Lipinski definition) is 3. The van der Waals surface area contributed by atoms with Crippen molar-refractivity contribution in [3.05, 3.63) is 62.2 Å². The number of rotatable bonds is 3. The van der Waals surface area contributed by atoms with Gasteiger partial charge in [-0.3, -0.25) is 10.1 Å². The highest BCUT2D eigenvalue weighted by atomic mass is 127. The third kappa shape index (κ3) is 4.14. The zero-order chi connectivity index (χ0) is 14.5. The van der Waals surface area contributed by atoms with Gasteiger partial charge in [0.15, 0.2) is 5.11 Å². The van der Waals surface area contributed by atoms with E-state index in [-0.39, 0.29) is 5.69 Å². The molecule has 0 aliphatic rings. The van der Waals surface area contributed by atoms with E-state index in [9.17, 15) is 10.1 Å². The molecule has 0 aromatic heterocycles. The van der Waals surface area contributed by atoms with Gasteiger partial charge >= 0.3 is 0 Å². The standard InChI is InChI=1S/C13H10IN3O2S/c14-9-2-1-3-11(8-9)16-13(20)15-10-4-6-12(7-5-10)17(18)19/h1-8H,(H2,15,16,20). The van der Waals surface area contributed by atoms with Crippen molar-refractivity contribution in [2.75, 3.05) is 10.6 Å². The van der Waals surface area contributed by atoms with Crippen molar-refractivity contribution >= 4 is 57.0 Å². The Hall–Kier alpha value is -1.74. The monoisotopic (exact) mass is 399 g/mol. The summed E-state index contributed by atoms with van der Waals surface area (Å²) in [7, 11) is 0. The average molecular weight is 399 g/mol. The van der Waals surface area contributed by atoms with E-state index in [4.69, 9.17) is 12.2 Å². The van der Waals surface area contributed by atoms with E-state index < -0.39 is 4.92 Å². The zero-order valence-corrected chi connectivity index (χ0v) is 13.1. The molecule has 7 heteroatoms. The fourth-order valence-electron chi connectivity index (χ4n) is 1.53. The number of anilines is 2. The second-order valence-corrected chi connectivity index (χ2v) is 5.55. The Bertz CT molecular complexity index is 646. The van der Waals surface area contributed by atoms with Crippen LogP contribution in [0.1, 0.15) is 0 Å². The van der Waals surface area contributed by atoms with Gasteiger partial charge in [-0.2, -0.15) is 0 Å².